The topological polar surface area (TPSA) is 77.8 Å². The van der Waals surface area contributed by atoms with E-state index in [2.05, 4.69) is 25.3 Å². The molecule has 2 aliphatic heterocycles. The molecule has 2 fully saturated rings. The molecule has 0 unspecified atom stereocenters. The Labute approximate surface area is 204 Å². The quantitative estimate of drug-likeness (QED) is 0.485. The molecule has 0 saturated carbocycles. The van der Waals surface area contributed by atoms with Gasteiger partial charge in [0.2, 0.25) is 0 Å². The number of anilines is 1. The van der Waals surface area contributed by atoms with Gasteiger partial charge in [-0.15, -0.1) is 5.10 Å². The fourth-order valence-electron chi connectivity index (χ4n) is 4.95. The number of benzene rings is 2. The van der Waals surface area contributed by atoms with Gasteiger partial charge in [-0.1, -0.05) is 0 Å². The summed E-state index contributed by atoms with van der Waals surface area (Å²) in [5.74, 6) is 1.99. The third-order valence-electron chi connectivity index (χ3n) is 6.81. The average molecular weight is 483 g/mol. The molecule has 0 spiro atoms. The van der Waals surface area contributed by atoms with E-state index in [-0.39, 0.29) is 18.0 Å². The maximum absolute atomic E-state index is 13.4. The maximum Gasteiger partial charge on any atom is 0.173 e. The highest BCUT2D eigenvalue weighted by molar-refractivity contribution is 5.47. The third kappa shape index (κ3) is 5.08. The van der Waals surface area contributed by atoms with Gasteiger partial charge in [0.25, 0.3) is 0 Å². The Kier molecular flexibility index (Phi) is 7.10. The Morgan fingerprint density at radius 1 is 1.06 bits per heavy atom. The summed E-state index contributed by atoms with van der Waals surface area (Å²) in [6.45, 7) is 4.56. The highest BCUT2D eigenvalue weighted by Crippen LogP contribution is 2.37. The summed E-state index contributed by atoms with van der Waals surface area (Å²) >= 11 is 0. The molecule has 0 aliphatic carbocycles. The zero-order chi connectivity index (χ0) is 24.2. The zero-order valence-corrected chi connectivity index (χ0v) is 20.1. The van der Waals surface area contributed by atoms with Crippen LogP contribution >= 0.6 is 0 Å². The molecule has 2 aromatic carbocycles. The van der Waals surface area contributed by atoms with E-state index >= 15 is 0 Å². The van der Waals surface area contributed by atoms with Gasteiger partial charge in [-0.2, -0.15) is 0 Å². The van der Waals surface area contributed by atoms with Crippen LogP contribution in [0.5, 0.6) is 11.5 Å². The van der Waals surface area contributed by atoms with Gasteiger partial charge in [-0.05, 0) is 59.7 Å². The highest BCUT2D eigenvalue weighted by Gasteiger charge is 2.33. The Morgan fingerprint density at radius 3 is 2.54 bits per heavy atom. The van der Waals surface area contributed by atoms with Gasteiger partial charge in [0.15, 0.2) is 5.82 Å². The van der Waals surface area contributed by atoms with Crippen LogP contribution in [0.3, 0.4) is 0 Å². The largest absolute Gasteiger partial charge is 0.497 e. The number of halogens is 1. The summed E-state index contributed by atoms with van der Waals surface area (Å²) < 4.78 is 32.3. The molecule has 0 radical (unpaired) electrons. The highest BCUT2D eigenvalue weighted by atomic mass is 19.1. The van der Waals surface area contributed by atoms with Gasteiger partial charge in [-0.3, -0.25) is 4.90 Å². The van der Waals surface area contributed by atoms with Crippen molar-refractivity contribution in [2.45, 2.75) is 31.5 Å². The Hall–Kier alpha value is -3.24. The predicted octanol–water partition coefficient (Wildman–Crippen LogP) is 2.92. The predicted molar refractivity (Wildman–Crippen MR) is 128 cm³/mol. The molecule has 186 valence electrons. The normalized spacial score (nSPS) is 19.6. The van der Waals surface area contributed by atoms with Gasteiger partial charge >= 0.3 is 0 Å². The van der Waals surface area contributed by atoms with Crippen LogP contribution in [-0.2, 0) is 11.3 Å². The Morgan fingerprint density at radius 2 is 1.86 bits per heavy atom. The van der Waals surface area contributed by atoms with Crippen molar-refractivity contribution in [3.8, 4) is 11.5 Å². The van der Waals surface area contributed by atoms with E-state index in [1.54, 1.807) is 14.2 Å². The summed E-state index contributed by atoms with van der Waals surface area (Å²) in [5.41, 5.74) is 2.00. The second-order valence-electron chi connectivity index (χ2n) is 8.86. The number of piperazine rings is 1. The second kappa shape index (κ2) is 10.6. The van der Waals surface area contributed by atoms with E-state index in [0.29, 0.717) is 6.54 Å². The molecule has 2 atom stereocenters. The van der Waals surface area contributed by atoms with Crippen LogP contribution in [0, 0.1) is 5.82 Å². The van der Waals surface area contributed by atoms with E-state index in [4.69, 9.17) is 14.2 Å². The maximum atomic E-state index is 13.4. The Bertz CT molecular complexity index is 1110. The van der Waals surface area contributed by atoms with Gasteiger partial charge in [0, 0.05) is 50.1 Å². The van der Waals surface area contributed by atoms with Crippen molar-refractivity contribution in [3.05, 3.63) is 59.7 Å². The lowest BCUT2D eigenvalue weighted by molar-refractivity contribution is 0.0906. The lowest BCUT2D eigenvalue weighted by atomic mass is 10.0. The summed E-state index contributed by atoms with van der Waals surface area (Å²) in [5, 5.41) is 12.8. The van der Waals surface area contributed by atoms with E-state index in [9.17, 15) is 4.39 Å². The fourth-order valence-corrected chi connectivity index (χ4v) is 4.95. The van der Waals surface area contributed by atoms with Gasteiger partial charge in [0.1, 0.15) is 23.4 Å². The fraction of sp³-hybridized carbons (Fsp3) is 0.480. The molecule has 10 heteroatoms. The molecule has 1 aromatic heterocycles. The number of rotatable bonds is 8. The van der Waals surface area contributed by atoms with Crippen LogP contribution in [0.25, 0.3) is 0 Å². The van der Waals surface area contributed by atoms with Crippen molar-refractivity contribution in [1.82, 2.24) is 25.1 Å². The molecule has 0 bridgehead atoms. The number of hydrogen-bond donors (Lipinski definition) is 0. The van der Waals surface area contributed by atoms with Crippen molar-refractivity contribution in [2.24, 2.45) is 0 Å². The third-order valence-corrected chi connectivity index (χ3v) is 6.81. The van der Waals surface area contributed by atoms with Crippen molar-refractivity contribution >= 4 is 5.69 Å². The smallest absolute Gasteiger partial charge is 0.173 e. The first-order valence-electron chi connectivity index (χ1n) is 12.0. The minimum Gasteiger partial charge on any atom is -0.497 e. The van der Waals surface area contributed by atoms with Crippen LogP contribution in [0.2, 0.25) is 0 Å². The van der Waals surface area contributed by atoms with Crippen molar-refractivity contribution in [1.29, 1.82) is 0 Å². The molecular weight excluding hydrogens is 451 g/mol. The SMILES string of the molecule is COc1ccc([C@H](c2nnnn2C[C@H]2CCCO2)N2CCN(c3ccc(F)cc3)CC2)c(OC)c1. The van der Waals surface area contributed by atoms with E-state index in [1.807, 2.05) is 35.0 Å². The van der Waals surface area contributed by atoms with Gasteiger partial charge in [-0.25, -0.2) is 9.07 Å². The van der Waals surface area contributed by atoms with Crippen LogP contribution in [0.1, 0.15) is 30.3 Å². The van der Waals surface area contributed by atoms with Crippen LogP contribution < -0.4 is 14.4 Å². The molecule has 0 amide bonds. The molecule has 35 heavy (non-hydrogen) atoms. The lowest BCUT2D eigenvalue weighted by Crippen LogP contribution is -2.48. The number of ether oxygens (including phenoxy) is 3. The molecule has 3 heterocycles. The number of hydrogen-bond acceptors (Lipinski definition) is 8. The van der Waals surface area contributed by atoms with Crippen molar-refractivity contribution < 1.29 is 18.6 Å². The number of aromatic nitrogens is 4. The second-order valence-corrected chi connectivity index (χ2v) is 8.86. The Balaban J connectivity index is 1.45. The first kappa shape index (κ1) is 23.5. The van der Waals surface area contributed by atoms with Gasteiger partial charge < -0.3 is 19.1 Å². The minimum atomic E-state index is -0.225. The van der Waals surface area contributed by atoms with Crippen molar-refractivity contribution in [3.63, 3.8) is 0 Å². The first-order chi connectivity index (χ1) is 17.2. The molecule has 2 saturated heterocycles. The first-order valence-corrected chi connectivity index (χ1v) is 12.0. The molecule has 0 N–H and O–H groups in total. The minimum absolute atomic E-state index is 0.117. The molecule has 2 aliphatic rings. The standard InChI is InChI=1S/C25H31FN6O3/c1-33-20-9-10-22(23(16-20)34-2)24(25-27-28-29-32(25)17-21-4-3-15-35-21)31-13-11-30(12-14-31)19-7-5-18(26)6-8-19/h5-10,16,21,24H,3-4,11-15,17H2,1-2H3/t21-,24-/m1/s1. The van der Waals surface area contributed by atoms with Crippen LogP contribution in [0.4, 0.5) is 10.1 Å². The van der Waals surface area contributed by atoms with E-state index < -0.39 is 0 Å². The summed E-state index contributed by atoms with van der Waals surface area (Å²) in [4.78, 5) is 4.65. The summed E-state index contributed by atoms with van der Waals surface area (Å²) in [7, 11) is 3.31. The van der Waals surface area contributed by atoms with Crippen LogP contribution in [-0.4, -0.2) is 78.2 Å². The molecular formula is C25H31FN6O3. The molecule has 3 aromatic rings. The zero-order valence-electron chi connectivity index (χ0n) is 20.1. The van der Waals surface area contributed by atoms with Crippen LogP contribution in [0.15, 0.2) is 42.5 Å². The molecule has 5 rings (SSSR count). The number of tetrazole rings is 1. The lowest BCUT2D eigenvalue weighted by Gasteiger charge is -2.40. The summed E-state index contributed by atoms with van der Waals surface area (Å²) in [6, 6.07) is 12.3. The van der Waals surface area contributed by atoms with E-state index in [0.717, 1.165) is 74.2 Å². The summed E-state index contributed by atoms with van der Waals surface area (Å²) in [6.07, 6.45) is 2.18. The number of nitrogens with zero attached hydrogens (tertiary/aromatic N) is 6. The average Bonchev–Trinajstić information content (AvgIpc) is 3.58. The number of methoxy groups -OCH3 is 2. The van der Waals surface area contributed by atoms with Gasteiger partial charge in [0.05, 0.1) is 26.9 Å². The van der Waals surface area contributed by atoms with Crippen molar-refractivity contribution in [2.75, 3.05) is 51.9 Å². The molecule has 9 nitrogen and oxygen atoms in total. The monoisotopic (exact) mass is 482 g/mol. The van der Waals surface area contributed by atoms with E-state index in [1.165, 1.54) is 12.1 Å².